The summed E-state index contributed by atoms with van der Waals surface area (Å²) in [5.74, 6) is -1.28. The lowest BCUT2D eigenvalue weighted by molar-refractivity contribution is -0.132. The van der Waals surface area contributed by atoms with E-state index >= 15 is 0 Å². The molecule has 0 spiro atoms. The number of carbonyl (C=O) groups is 2. The third-order valence-corrected chi connectivity index (χ3v) is 6.26. The van der Waals surface area contributed by atoms with E-state index in [1.807, 2.05) is 6.26 Å². The monoisotopic (exact) mass is 372 g/mol. The van der Waals surface area contributed by atoms with Crippen molar-refractivity contribution in [3.8, 4) is 0 Å². The van der Waals surface area contributed by atoms with E-state index in [1.165, 1.54) is 23.1 Å². The van der Waals surface area contributed by atoms with E-state index in [0.717, 1.165) is 20.9 Å². The number of carboxylic acid groups (broad SMARTS) is 1. The van der Waals surface area contributed by atoms with Crippen LogP contribution in [0.2, 0.25) is 0 Å². The molecule has 1 aromatic rings. The summed E-state index contributed by atoms with van der Waals surface area (Å²) >= 11 is 9.44. The van der Waals surface area contributed by atoms with E-state index in [4.69, 9.17) is 21.4 Å². The number of hydrogen-bond acceptors (Lipinski definition) is 5. The molecule has 0 saturated carbocycles. The minimum atomic E-state index is -0.963. The number of esters is 1. The number of carboxylic acids is 1. The number of halogens is 1. The number of allylic oxidation sites excluding steroid dienone is 2. The minimum Gasteiger partial charge on any atom is -0.478 e. The number of rotatable bonds is 5. The predicted octanol–water partition coefficient (Wildman–Crippen LogP) is 4.57. The zero-order valence-corrected chi connectivity index (χ0v) is 15.5. The van der Waals surface area contributed by atoms with Crippen molar-refractivity contribution in [1.82, 2.24) is 0 Å². The van der Waals surface area contributed by atoms with Gasteiger partial charge >= 0.3 is 11.9 Å². The van der Waals surface area contributed by atoms with Gasteiger partial charge in [0.1, 0.15) is 4.88 Å². The van der Waals surface area contributed by atoms with Crippen molar-refractivity contribution in [1.29, 1.82) is 0 Å². The Bertz CT molecular complexity index is 716. The number of thioether (sulfide) groups is 1. The van der Waals surface area contributed by atoms with Gasteiger partial charge in [-0.05, 0) is 50.2 Å². The third kappa shape index (κ3) is 3.65. The zero-order valence-electron chi connectivity index (χ0n) is 13.1. The highest BCUT2D eigenvalue weighted by Gasteiger charge is 2.29. The Hall–Kier alpha value is -1.24. The fourth-order valence-electron chi connectivity index (χ4n) is 2.40. The Morgan fingerprint density at radius 3 is 2.70 bits per heavy atom. The summed E-state index contributed by atoms with van der Waals surface area (Å²) in [5.41, 5.74) is 2.80. The molecule has 0 radical (unpaired) electrons. The standard InChI is InChI=1S/C16H17ClO4S2/c1-4-21-15(20)13-10-6-5-9(7-8(2)14(18)19)12(17)11(10)16(22-3)23-13/h7H,4-6H2,1-3H3,(H,18,19)/b8-7+. The fraction of sp³-hybridized carbons (Fsp3) is 0.375. The van der Waals surface area contributed by atoms with E-state index in [0.29, 0.717) is 29.4 Å². The molecule has 1 N–H and O–H groups in total. The predicted molar refractivity (Wildman–Crippen MR) is 94.5 cm³/mol. The topological polar surface area (TPSA) is 63.6 Å². The third-order valence-electron chi connectivity index (χ3n) is 3.49. The molecule has 0 saturated heterocycles. The number of carbonyl (C=O) groups excluding carboxylic acids is 1. The van der Waals surface area contributed by atoms with Gasteiger partial charge in [0.25, 0.3) is 0 Å². The quantitative estimate of drug-likeness (QED) is 0.466. The molecule has 2 rings (SSSR count). The first kappa shape index (κ1) is 18.1. The molecule has 0 bridgehead atoms. The molecule has 23 heavy (non-hydrogen) atoms. The summed E-state index contributed by atoms with van der Waals surface area (Å²) < 4.78 is 6.07. The average molecular weight is 373 g/mol. The summed E-state index contributed by atoms with van der Waals surface area (Å²) in [6, 6.07) is 0. The summed E-state index contributed by atoms with van der Waals surface area (Å²) in [7, 11) is 0. The van der Waals surface area contributed by atoms with Gasteiger partial charge in [0.05, 0.1) is 15.8 Å². The number of hydrogen-bond donors (Lipinski definition) is 1. The SMILES string of the molecule is CCOC(=O)c1sc(SC)c2c1CCC(/C=C(\C)C(=O)O)=C2Cl. The van der Waals surface area contributed by atoms with E-state index in [1.54, 1.807) is 19.9 Å². The highest BCUT2D eigenvalue weighted by molar-refractivity contribution is 8.00. The highest BCUT2D eigenvalue weighted by Crippen LogP contribution is 2.46. The van der Waals surface area contributed by atoms with E-state index in [9.17, 15) is 9.59 Å². The molecule has 0 fully saturated rings. The summed E-state index contributed by atoms with van der Waals surface area (Å²) in [6.45, 7) is 3.65. The molecule has 4 nitrogen and oxygen atoms in total. The fourth-order valence-corrected chi connectivity index (χ4v) is 4.86. The van der Waals surface area contributed by atoms with E-state index in [-0.39, 0.29) is 11.5 Å². The maximum atomic E-state index is 12.1. The highest BCUT2D eigenvalue weighted by atomic mass is 35.5. The smallest absolute Gasteiger partial charge is 0.348 e. The van der Waals surface area contributed by atoms with Gasteiger partial charge in [-0.15, -0.1) is 23.1 Å². The van der Waals surface area contributed by atoms with Crippen molar-refractivity contribution in [2.75, 3.05) is 12.9 Å². The van der Waals surface area contributed by atoms with Gasteiger partial charge in [-0.1, -0.05) is 11.6 Å². The molecule has 1 aliphatic carbocycles. The van der Waals surface area contributed by atoms with Gasteiger partial charge in [0.2, 0.25) is 0 Å². The van der Waals surface area contributed by atoms with Crippen molar-refractivity contribution < 1.29 is 19.4 Å². The largest absolute Gasteiger partial charge is 0.478 e. The van der Waals surface area contributed by atoms with Crippen LogP contribution < -0.4 is 0 Å². The molecule has 0 amide bonds. The number of fused-ring (bicyclic) bond motifs is 1. The Morgan fingerprint density at radius 1 is 1.43 bits per heavy atom. The molecule has 1 aromatic heterocycles. The number of aliphatic carboxylic acids is 1. The molecule has 124 valence electrons. The summed E-state index contributed by atoms with van der Waals surface area (Å²) in [4.78, 5) is 23.7. The molecular formula is C16H17ClO4S2. The van der Waals surface area contributed by atoms with E-state index in [2.05, 4.69) is 0 Å². The normalized spacial score (nSPS) is 14.7. The van der Waals surface area contributed by atoms with Crippen LogP contribution in [-0.4, -0.2) is 29.9 Å². The second-order valence-electron chi connectivity index (χ2n) is 4.97. The lowest BCUT2D eigenvalue weighted by Crippen LogP contribution is -2.09. The molecular weight excluding hydrogens is 356 g/mol. The second kappa shape index (κ2) is 7.55. The molecule has 0 unspecified atom stereocenters. The molecule has 0 atom stereocenters. The average Bonchev–Trinajstić information content (AvgIpc) is 2.89. The zero-order chi connectivity index (χ0) is 17.1. The van der Waals surface area contributed by atoms with Crippen LogP contribution in [0.3, 0.4) is 0 Å². The van der Waals surface area contributed by atoms with Crippen LogP contribution >= 0.6 is 34.7 Å². The van der Waals surface area contributed by atoms with Gasteiger partial charge < -0.3 is 9.84 Å². The lowest BCUT2D eigenvalue weighted by atomic mass is 9.92. The Morgan fingerprint density at radius 2 is 2.13 bits per heavy atom. The van der Waals surface area contributed by atoms with Crippen LogP contribution in [0.15, 0.2) is 21.4 Å². The van der Waals surface area contributed by atoms with Crippen molar-refractivity contribution in [2.24, 2.45) is 0 Å². The summed E-state index contributed by atoms with van der Waals surface area (Å²) in [6.07, 6.45) is 4.79. The van der Waals surface area contributed by atoms with Crippen LogP contribution in [0.4, 0.5) is 0 Å². The van der Waals surface area contributed by atoms with Crippen LogP contribution in [0, 0.1) is 0 Å². The first-order valence-electron chi connectivity index (χ1n) is 7.08. The van der Waals surface area contributed by atoms with Crippen molar-refractivity contribution in [3.63, 3.8) is 0 Å². The second-order valence-corrected chi connectivity index (χ2v) is 7.44. The first-order valence-corrected chi connectivity index (χ1v) is 9.50. The van der Waals surface area contributed by atoms with Gasteiger partial charge in [-0.3, -0.25) is 0 Å². The maximum Gasteiger partial charge on any atom is 0.348 e. The first-order chi connectivity index (χ1) is 10.9. The minimum absolute atomic E-state index is 0.244. The molecule has 1 aliphatic rings. The molecule has 7 heteroatoms. The van der Waals surface area contributed by atoms with Gasteiger partial charge in [-0.2, -0.15) is 0 Å². The van der Waals surface area contributed by atoms with E-state index < -0.39 is 5.97 Å². The van der Waals surface area contributed by atoms with Crippen LogP contribution in [0.25, 0.3) is 5.03 Å². The number of ether oxygens (including phenoxy) is 1. The molecule has 0 aromatic carbocycles. The van der Waals surface area contributed by atoms with Gasteiger partial charge in [0.15, 0.2) is 0 Å². The Kier molecular flexibility index (Phi) is 5.95. The number of thiophene rings is 1. The maximum absolute atomic E-state index is 12.1. The lowest BCUT2D eigenvalue weighted by Gasteiger charge is -2.17. The van der Waals surface area contributed by atoms with Gasteiger partial charge in [0, 0.05) is 11.1 Å². The van der Waals surface area contributed by atoms with Gasteiger partial charge in [-0.25, -0.2) is 9.59 Å². The Balaban J connectivity index is 2.54. The van der Waals surface area contributed by atoms with Crippen molar-refractivity contribution in [2.45, 2.75) is 30.9 Å². The van der Waals surface area contributed by atoms with Crippen LogP contribution in [0.5, 0.6) is 0 Å². The van der Waals surface area contributed by atoms with Crippen molar-refractivity contribution in [3.05, 3.63) is 33.2 Å². The van der Waals surface area contributed by atoms with Crippen LogP contribution in [-0.2, 0) is 16.0 Å². The summed E-state index contributed by atoms with van der Waals surface area (Å²) in [5, 5.41) is 9.56. The van der Waals surface area contributed by atoms with Crippen molar-refractivity contribution >= 4 is 51.7 Å². The molecule has 1 heterocycles. The van der Waals surface area contributed by atoms with Crippen LogP contribution in [0.1, 0.15) is 41.1 Å². The Labute approximate surface area is 148 Å². The molecule has 0 aliphatic heterocycles.